The maximum absolute atomic E-state index is 11.8. The van der Waals surface area contributed by atoms with Gasteiger partial charge in [-0.05, 0) is 19.1 Å². The molecule has 0 saturated heterocycles. The van der Waals surface area contributed by atoms with E-state index in [2.05, 4.69) is 15.5 Å². The zero-order chi connectivity index (χ0) is 15.4. The number of furan rings is 1. The number of aromatic carboxylic acids is 1. The van der Waals surface area contributed by atoms with Gasteiger partial charge >= 0.3 is 5.97 Å². The van der Waals surface area contributed by atoms with Crippen molar-refractivity contribution in [3.05, 3.63) is 28.7 Å². The van der Waals surface area contributed by atoms with Crippen LogP contribution in [-0.4, -0.2) is 37.1 Å². The molecule has 2 rings (SSSR count). The zero-order valence-corrected chi connectivity index (χ0v) is 12.5. The van der Waals surface area contributed by atoms with E-state index in [4.69, 9.17) is 9.52 Å². The molecule has 2 aromatic rings. The normalized spacial score (nSPS) is 12.0. The average Bonchev–Trinajstić information content (AvgIpc) is 2.98. The van der Waals surface area contributed by atoms with Crippen molar-refractivity contribution < 1.29 is 23.3 Å². The summed E-state index contributed by atoms with van der Waals surface area (Å²) in [5.74, 6) is -1.88. The molecule has 0 saturated carbocycles. The molecular weight excluding hydrogens is 318 g/mol. The van der Waals surface area contributed by atoms with E-state index in [0.717, 1.165) is 0 Å². The van der Waals surface area contributed by atoms with Crippen LogP contribution in [0.2, 0.25) is 0 Å². The van der Waals surface area contributed by atoms with Crippen molar-refractivity contribution in [2.75, 3.05) is 11.1 Å². The first-order valence-corrected chi connectivity index (χ1v) is 8.01. The molecule has 0 radical (unpaired) electrons. The van der Waals surface area contributed by atoms with Crippen LogP contribution in [0.5, 0.6) is 0 Å². The number of aromatic nitrogens is 2. The SMILES string of the molecule is Cc1nnc(NC(=O)CS(=O)Cc2ccc(C(=O)O)o2)s1. The van der Waals surface area contributed by atoms with E-state index in [1.165, 1.54) is 23.5 Å². The maximum atomic E-state index is 11.8. The van der Waals surface area contributed by atoms with Crippen molar-refractivity contribution in [1.82, 2.24) is 10.2 Å². The largest absolute Gasteiger partial charge is 0.475 e. The zero-order valence-electron chi connectivity index (χ0n) is 10.9. The summed E-state index contributed by atoms with van der Waals surface area (Å²) in [5, 5.41) is 19.7. The minimum absolute atomic E-state index is 0.0319. The Hall–Kier alpha value is -2.07. The highest BCUT2D eigenvalue weighted by Crippen LogP contribution is 2.14. The molecule has 2 N–H and O–H groups in total. The molecule has 1 unspecified atom stereocenters. The van der Waals surface area contributed by atoms with Crippen molar-refractivity contribution in [2.24, 2.45) is 0 Å². The van der Waals surface area contributed by atoms with E-state index in [1.807, 2.05) is 0 Å². The second-order valence-corrected chi connectivity index (χ2v) is 6.61. The van der Waals surface area contributed by atoms with Crippen LogP contribution in [0.15, 0.2) is 16.5 Å². The first-order valence-electron chi connectivity index (χ1n) is 5.71. The van der Waals surface area contributed by atoms with Gasteiger partial charge in [-0.2, -0.15) is 0 Å². The Bertz CT molecular complexity index is 694. The molecule has 2 heterocycles. The molecule has 8 nitrogen and oxygen atoms in total. The van der Waals surface area contributed by atoms with Gasteiger partial charge in [0.2, 0.25) is 16.8 Å². The standard InChI is InChI=1S/C11H11N3O5S2/c1-6-13-14-11(20-6)12-9(15)5-21(18)4-7-2-3-8(19-7)10(16)17/h2-3H,4-5H2,1H3,(H,16,17)(H,12,14,15). The van der Waals surface area contributed by atoms with Gasteiger partial charge in [-0.1, -0.05) is 11.3 Å². The predicted octanol–water partition coefficient (Wildman–Crippen LogP) is 1.03. The molecule has 0 fully saturated rings. The van der Waals surface area contributed by atoms with Crippen LogP contribution in [0.4, 0.5) is 5.13 Å². The molecular formula is C11H11N3O5S2. The molecule has 0 aliphatic carbocycles. The number of carbonyl (C=O) groups is 2. The molecule has 0 aromatic carbocycles. The molecule has 2 aromatic heterocycles. The fourth-order valence-electron chi connectivity index (χ4n) is 1.43. The summed E-state index contributed by atoms with van der Waals surface area (Å²) >= 11 is 1.22. The van der Waals surface area contributed by atoms with Crippen molar-refractivity contribution in [3.63, 3.8) is 0 Å². The van der Waals surface area contributed by atoms with Crippen LogP contribution < -0.4 is 5.32 Å². The first kappa shape index (κ1) is 15.3. The van der Waals surface area contributed by atoms with Gasteiger partial charge < -0.3 is 9.52 Å². The van der Waals surface area contributed by atoms with Gasteiger partial charge in [-0.3, -0.25) is 14.3 Å². The van der Waals surface area contributed by atoms with Gasteiger partial charge in [0.1, 0.15) is 16.5 Å². The lowest BCUT2D eigenvalue weighted by molar-refractivity contribution is -0.113. The Kier molecular flexibility index (Phi) is 4.81. The van der Waals surface area contributed by atoms with Gasteiger partial charge in [0.15, 0.2) is 0 Å². The van der Waals surface area contributed by atoms with Gasteiger partial charge in [-0.25, -0.2) is 4.79 Å². The maximum Gasteiger partial charge on any atom is 0.371 e. The molecule has 0 bridgehead atoms. The fourth-order valence-corrected chi connectivity index (χ4v) is 2.98. The summed E-state index contributed by atoms with van der Waals surface area (Å²) in [6.07, 6.45) is 0. The van der Waals surface area contributed by atoms with E-state index in [-0.39, 0.29) is 23.0 Å². The molecule has 0 aliphatic rings. The van der Waals surface area contributed by atoms with Crippen molar-refractivity contribution >= 4 is 39.1 Å². The highest BCUT2D eigenvalue weighted by molar-refractivity contribution is 7.84. The third kappa shape index (κ3) is 4.46. The number of hydrogen-bond acceptors (Lipinski definition) is 7. The summed E-state index contributed by atoms with van der Waals surface area (Å²) in [5.41, 5.74) is 0. The lowest BCUT2D eigenvalue weighted by atomic mass is 10.4. The smallest absolute Gasteiger partial charge is 0.371 e. The third-order valence-corrected chi connectivity index (χ3v) is 4.18. The van der Waals surface area contributed by atoms with E-state index >= 15 is 0 Å². The summed E-state index contributed by atoms with van der Waals surface area (Å²) in [6, 6.07) is 2.70. The molecule has 0 aliphatic heterocycles. The molecule has 21 heavy (non-hydrogen) atoms. The Morgan fingerprint density at radius 3 is 2.76 bits per heavy atom. The third-order valence-electron chi connectivity index (χ3n) is 2.24. The van der Waals surface area contributed by atoms with Crippen LogP contribution in [0.25, 0.3) is 0 Å². The number of carbonyl (C=O) groups excluding carboxylic acids is 1. The average molecular weight is 329 g/mol. The number of anilines is 1. The molecule has 1 atom stereocenters. The van der Waals surface area contributed by atoms with Crippen LogP contribution in [0.1, 0.15) is 21.3 Å². The van der Waals surface area contributed by atoms with Crippen LogP contribution >= 0.6 is 11.3 Å². The Labute approximate surface area is 125 Å². The molecule has 112 valence electrons. The number of amides is 1. The number of rotatable bonds is 6. The minimum atomic E-state index is -1.51. The lowest BCUT2D eigenvalue weighted by Gasteiger charge is -2.00. The highest BCUT2D eigenvalue weighted by atomic mass is 32.2. The molecule has 10 heteroatoms. The van der Waals surface area contributed by atoms with Crippen LogP contribution in [0, 0.1) is 6.92 Å². The number of aryl methyl sites for hydroxylation is 1. The Balaban J connectivity index is 1.86. The monoisotopic (exact) mass is 329 g/mol. The number of carboxylic acid groups (broad SMARTS) is 1. The van der Waals surface area contributed by atoms with E-state index < -0.39 is 22.7 Å². The van der Waals surface area contributed by atoms with E-state index in [1.54, 1.807) is 6.92 Å². The van der Waals surface area contributed by atoms with E-state index in [0.29, 0.717) is 10.1 Å². The summed E-state index contributed by atoms with van der Waals surface area (Å²) < 4.78 is 16.8. The van der Waals surface area contributed by atoms with E-state index in [9.17, 15) is 13.8 Å². The molecule has 1 amide bonds. The van der Waals surface area contributed by atoms with Gasteiger partial charge in [0.25, 0.3) is 0 Å². The second kappa shape index (κ2) is 6.59. The van der Waals surface area contributed by atoms with Crippen LogP contribution in [0.3, 0.4) is 0 Å². The fraction of sp³-hybridized carbons (Fsp3) is 0.273. The van der Waals surface area contributed by atoms with Crippen LogP contribution in [-0.2, 0) is 21.3 Å². The van der Waals surface area contributed by atoms with Crippen molar-refractivity contribution in [2.45, 2.75) is 12.7 Å². The van der Waals surface area contributed by atoms with Crippen molar-refractivity contribution in [1.29, 1.82) is 0 Å². The highest BCUT2D eigenvalue weighted by Gasteiger charge is 2.14. The lowest BCUT2D eigenvalue weighted by Crippen LogP contribution is -2.20. The minimum Gasteiger partial charge on any atom is -0.475 e. The number of carboxylic acids is 1. The Morgan fingerprint density at radius 1 is 1.43 bits per heavy atom. The number of nitrogens with zero attached hydrogens (tertiary/aromatic N) is 2. The quantitative estimate of drug-likeness (QED) is 0.811. The van der Waals surface area contributed by atoms with Gasteiger partial charge in [0, 0.05) is 10.8 Å². The van der Waals surface area contributed by atoms with Crippen molar-refractivity contribution in [3.8, 4) is 0 Å². The van der Waals surface area contributed by atoms with Gasteiger partial charge in [-0.15, -0.1) is 10.2 Å². The number of nitrogens with one attached hydrogen (secondary N) is 1. The van der Waals surface area contributed by atoms with Gasteiger partial charge in [0.05, 0.1) is 5.75 Å². The molecule has 0 spiro atoms. The second-order valence-electron chi connectivity index (χ2n) is 3.97. The summed E-state index contributed by atoms with van der Waals surface area (Å²) in [7, 11) is -1.51. The topological polar surface area (TPSA) is 122 Å². The first-order chi connectivity index (χ1) is 9.94. The summed E-state index contributed by atoms with van der Waals surface area (Å²) in [6.45, 7) is 1.75. The summed E-state index contributed by atoms with van der Waals surface area (Å²) in [4.78, 5) is 22.3. The predicted molar refractivity (Wildman–Crippen MR) is 75.7 cm³/mol. The number of hydrogen-bond donors (Lipinski definition) is 2. The Morgan fingerprint density at radius 2 is 2.19 bits per heavy atom.